The maximum Gasteiger partial charge on any atom is 0.243 e. The van der Waals surface area contributed by atoms with Crippen molar-refractivity contribution in [3.8, 4) is 0 Å². The monoisotopic (exact) mass is 311 g/mol. The fourth-order valence-electron chi connectivity index (χ4n) is 3.26. The first kappa shape index (κ1) is 15.8. The number of hydrogen-bond acceptors (Lipinski definition) is 3. The van der Waals surface area contributed by atoms with Crippen LogP contribution in [0.5, 0.6) is 0 Å². The van der Waals surface area contributed by atoms with Crippen LogP contribution in [-0.4, -0.2) is 17.6 Å². The van der Waals surface area contributed by atoms with Crippen LogP contribution < -0.4 is 16.4 Å². The van der Waals surface area contributed by atoms with E-state index in [0.29, 0.717) is 0 Å². The molecular formula is C19H25N3O. The topological polar surface area (TPSA) is 67.2 Å². The van der Waals surface area contributed by atoms with E-state index in [1.165, 1.54) is 11.8 Å². The lowest BCUT2D eigenvalue weighted by Crippen LogP contribution is -2.59. The van der Waals surface area contributed by atoms with Crippen LogP contribution >= 0.6 is 0 Å². The summed E-state index contributed by atoms with van der Waals surface area (Å²) < 4.78 is 0. The van der Waals surface area contributed by atoms with E-state index in [9.17, 15) is 4.79 Å². The molecule has 1 saturated carbocycles. The van der Waals surface area contributed by atoms with E-state index in [1.807, 2.05) is 25.1 Å². The van der Waals surface area contributed by atoms with Gasteiger partial charge in [0.2, 0.25) is 5.91 Å². The molecule has 4 heteroatoms. The molecule has 2 aromatic carbocycles. The normalized spacial score (nSPS) is 18.3. The first-order valence-corrected chi connectivity index (χ1v) is 8.42. The number of carbonyl (C=O) groups excluding carboxylic acids is 1. The summed E-state index contributed by atoms with van der Waals surface area (Å²) in [4.78, 5) is 12.4. The van der Waals surface area contributed by atoms with Gasteiger partial charge in [0.05, 0.1) is 5.66 Å². The standard InChI is InChI=1S/C19H25N3O/c1-14(18(23)22-19(20)11-5-2-6-12-19)21-17-10-9-15-7-3-4-8-16(15)13-17/h3-4,7-10,13-14,21H,2,5-6,11-12,20H2,1H3,(H,22,23)/t14-/m0/s1. The van der Waals surface area contributed by atoms with E-state index in [0.717, 1.165) is 36.8 Å². The van der Waals surface area contributed by atoms with Crippen molar-refractivity contribution in [2.75, 3.05) is 5.32 Å². The van der Waals surface area contributed by atoms with Crippen LogP contribution in [-0.2, 0) is 4.79 Å². The van der Waals surface area contributed by atoms with Crippen LogP contribution in [0.1, 0.15) is 39.0 Å². The molecule has 0 heterocycles. The van der Waals surface area contributed by atoms with E-state index >= 15 is 0 Å². The summed E-state index contributed by atoms with van der Waals surface area (Å²) in [5, 5.41) is 8.65. The van der Waals surface area contributed by atoms with Crippen LogP contribution in [0.25, 0.3) is 10.8 Å². The third-order valence-corrected chi connectivity index (χ3v) is 4.64. The van der Waals surface area contributed by atoms with Gasteiger partial charge in [-0.2, -0.15) is 0 Å². The van der Waals surface area contributed by atoms with E-state index in [2.05, 4.69) is 34.9 Å². The van der Waals surface area contributed by atoms with Gasteiger partial charge in [0.25, 0.3) is 0 Å². The van der Waals surface area contributed by atoms with Crippen molar-refractivity contribution in [1.29, 1.82) is 0 Å². The van der Waals surface area contributed by atoms with Crippen molar-refractivity contribution < 1.29 is 4.79 Å². The minimum atomic E-state index is -0.533. The molecule has 0 aliphatic heterocycles. The summed E-state index contributed by atoms with van der Waals surface area (Å²) in [5.74, 6) is -0.0393. The summed E-state index contributed by atoms with van der Waals surface area (Å²) in [6, 6.07) is 14.0. The highest BCUT2D eigenvalue weighted by atomic mass is 16.2. The van der Waals surface area contributed by atoms with Gasteiger partial charge in [-0.25, -0.2) is 0 Å². The Balaban J connectivity index is 1.65. The highest BCUT2D eigenvalue weighted by molar-refractivity contribution is 5.88. The Hall–Kier alpha value is -2.07. The first-order valence-electron chi connectivity index (χ1n) is 8.42. The molecule has 122 valence electrons. The average Bonchev–Trinajstić information content (AvgIpc) is 2.55. The zero-order chi connectivity index (χ0) is 16.3. The molecule has 0 unspecified atom stereocenters. The Kier molecular flexibility index (Phi) is 4.53. The van der Waals surface area contributed by atoms with Gasteiger partial charge in [0.1, 0.15) is 6.04 Å². The molecule has 0 radical (unpaired) electrons. The average molecular weight is 311 g/mol. The molecule has 0 spiro atoms. The number of rotatable bonds is 4. The third-order valence-electron chi connectivity index (χ3n) is 4.64. The lowest BCUT2D eigenvalue weighted by molar-refractivity contribution is -0.123. The molecule has 2 aromatic rings. The lowest BCUT2D eigenvalue weighted by Gasteiger charge is -2.35. The number of anilines is 1. The number of benzene rings is 2. The largest absolute Gasteiger partial charge is 0.374 e. The van der Waals surface area contributed by atoms with Gasteiger partial charge in [-0.3, -0.25) is 4.79 Å². The van der Waals surface area contributed by atoms with Gasteiger partial charge in [-0.1, -0.05) is 36.8 Å². The molecule has 1 atom stereocenters. The molecule has 1 fully saturated rings. The van der Waals surface area contributed by atoms with Crippen molar-refractivity contribution in [2.24, 2.45) is 5.73 Å². The molecule has 0 bridgehead atoms. The molecule has 1 aliphatic rings. The Morgan fingerprint density at radius 1 is 1.09 bits per heavy atom. The van der Waals surface area contributed by atoms with Crippen molar-refractivity contribution >= 4 is 22.4 Å². The number of fused-ring (bicyclic) bond motifs is 1. The summed E-state index contributed by atoms with van der Waals surface area (Å²) in [5.41, 5.74) is 6.72. The second-order valence-corrected chi connectivity index (χ2v) is 6.63. The number of nitrogens with two attached hydrogens (primary N) is 1. The van der Waals surface area contributed by atoms with Gasteiger partial charge < -0.3 is 16.4 Å². The van der Waals surface area contributed by atoms with Crippen LogP contribution in [0.15, 0.2) is 42.5 Å². The second-order valence-electron chi connectivity index (χ2n) is 6.63. The maximum atomic E-state index is 12.4. The van der Waals surface area contributed by atoms with Gasteiger partial charge in [-0.15, -0.1) is 0 Å². The number of carbonyl (C=O) groups is 1. The maximum absolute atomic E-state index is 12.4. The smallest absolute Gasteiger partial charge is 0.243 e. The second kappa shape index (κ2) is 6.59. The van der Waals surface area contributed by atoms with Crippen molar-refractivity contribution in [1.82, 2.24) is 5.32 Å². The third kappa shape index (κ3) is 3.82. The molecule has 4 N–H and O–H groups in total. The lowest BCUT2D eigenvalue weighted by atomic mass is 9.89. The molecule has 1 aliphatic carbocycles. The zero-order valence-corrected chi connectivity index (χ0v) is 13.6. The van der Waals surface area contributed by atoms with E-state index in [-0.39, 0.29) is 11.9 Å². The Morgan fingerprint density at radius 2 is 1.78 bits per heavy atom. The van der Waals surface area contributed by atoms with Gasteiger partial charge in [0, 0.05) is 5.69 Å². The number of nitrogens with one attached hydrogen (secondary N) is 2. The SMILES string of the molecule is C[C@H](Nc1ccc2ccccc2c1)C(=O)NC1(N)CCCCC1. The highest BCUT2D eigenvalue weighted by Gasteiger charge is 2.30. The van der Waals surface area contributed by atoms with Crippen LogP contribution in [0.4, 0.5) is 5.69 Å². The van der Waals surface area contributed by atoms with Crippen molar-refractivity contribution in [2.45, 2.75) is 50.7 Å². The predicted octanol–water partition coefficient (Wildman–Crippen LogP) is 3.38. The molecule has 4 nitrogen and oxygen atoms in total. The van der Waals surface area contributed by atoms with Crippen LogP contribution in [0.3, 0.4) is 0 Å². The molecule has 1 amide bonds. The van der Waals surface area contributed by atoms with Gasteiger partial charge >= 0.3 is 0 Å². The fraction of sp³-hybridized carbons (Fsp3) is 0.421. The molecular weight excluding hydrogens is 286 g/mol. The van der Waals surface area contributed by atoms with Gasteiger partial charge in [-0.05, 0) is 55.5 Å². The predicted molar refractivity (Wildman–Crippen MR) is 95.2 cm³/mol. The summed E-state index contributed by atoms with van der Waals surface area (Å²) in [7, 11) is 0. The van der Waals surface area contributed by atoms with E-state index in [1.54, 1.807) is 0 Å². The molecule has 3 rings (SSSR count). The summed E-state index contributed by atoms with van der Waals surface area (Å²) >= 11 is 0. The van der Waals surface area contributed by atoms with E-state index < -0.39 is 5.66 Å². The van der Waals surface area contributed by atoms with Gasteiger partial charge in [0.15, 0.2) is 0 Å². The Labute approximate surface area is 137 Å². The molecule has 23 heavy (non-hydrogen) atoms. The van der Waals surface area contributed by atoms with Crippen molar-refractivity contribution in [3.63, 3.8) is 0 Å². The van der Waals surface area contributed by atoms with Crippen molar-refractivity contribution in [3.05, 3.63) is 42.5 Å². The first-order chi connectivity index (χ1) is 11.1. The fourth-order valence-corrected chi connectivity index (χ4v) is 3.26. The Morgan fingerprint density at radius 3 is 2.52 bits per heavy atom. The van der Waals surface area contributed by atoms with Crippen LogP contribution in [0.2, 0.25) is 0 Å². The summed E-state index contributed by atoms with van der Waals surface area (Å²) in [6.07, 6.45) is 5.11. The quantitative estimate of drug-likeness (QED) is 0.758. The molecule has 0 saturated heterocycles. The summed E-state index contributed by atoms with van der Waals surface area (Å²) in [6.45, 7) is 1.87. The zero-order valence-electron chi connectivity index (χ0n) is 13.6. The number of hydrogen-bond donors (Lipinski definition) is 3. The highest BCUT2D eigenvalue weighted by Crippen LogP contribution is 2.24. The van der Waals surface area contributed by atoms with E-state index in [4.69, 9.17) is 5.73 Å². The molecule has 0 aromatic heterocycles. The minimum Gasteiger partial charge on any atom is -0.374 e. The number of amides is 1. The van der Waals surface area contributed by atoms with Crippen LogP contribution in [0, 0.1) is 0 Å². The minimum absolute atomic E-state index is 0.0393. The Bertz CT molecular complexity index is 692.